The average molecular weight is 310 g/mol. The van der Waals surface area contributed by atoms with E-state index >= 15 is 0 Å². The predicted molar refractivity (Wildman–Crippen MR) is 76.9 cm³/mol. The van der Waals surface area contributed by atoms with Gasteiger partial charge in [0.25, 0.3) is 0 Å². The van der Waals surface area contributed by atoms with E-state index in [0.29, 0.717) is 5.41 Å². The summed E-state index contributed by atoms with van der Waals surface area (Å²) >= 11 is 3.42. The van der Waals surface area contributed by atoms with Crippen molar-refractivity contribution in [3.8, 4) is 5.75 Å². The number of nitrogens with one attached hydrogen (secondary N) is 1. The van der Waals surface area contributed by atoms with Crippen LogP contribution in [-0.4, -0.2) is 19.7 Å². The molecule has 1 N–H and O–H groups in total. The van der Waals surface area contributed by atoms with E-state index in [1.54, 1.807) is 0 Å². The highest BCUT2D eigenvalue weighted by atomic mass is 79.9. The second-order valence-corrected chi connectivity index (χ2v) is 6.53. The third kappa shape index (κ3) is 3.07. The maximum Gasteiger partial charge on any atom is 0.119 e. The molecule has 2 saturated carbocycles. The molecule has 2 aliphatic rings. The minimum absolute atomic E-state index is 0.692. The van der Waals surface area contributed by atoms with E-state index in [1.165, 1.54) is 32.2 Å². The van der Waals surface area contributed by atoms with Crippen molar-refractivity contribution in [1.29, 1.82) is 0 Å². The second kappa shape index (κ2) is 5.22. The molecule has 0 saturated heterocycles. The Labute approximate surface area is 117 Å². The number of benzene rings is 1. The van der Waals surface area contributed by atoms with Crippen LogP contribution in [0.4, 0.5) is 0 Å². The van der Waals surface area contributed by atoms with E-state index in [-0.39, 0.29) is 0 Å². The molecule has 3 rings (SSSR count). The third-order valence-electron chi connectivity index (χ3n) is 4.17. The monoisotopic (exact) mass is 309 g/mol. The highest BCUT2D eigenvalue weighted by Gasteiger charge is 2.53. The van der Waals surface area contributed by atoms with Crippen LogP contribution in [0.1, 0.15) is 25.7 Å². The molecule has 3 heteroatoms. The molecule has 98 valence electrons. The van der Waals surface area contributed by atoms with E-state index in [1.807, 2.05) is 24.3 Å². The fourth-order valence-corrected chi connectivity index (χ4v) is 2.96. The molecule has 0 aliphatic heterocycles. The molecule has 0 bridgehead atoms. The topological polar surface area (TPSA) is 21.3 Å². The van der Waals surface area contributed by atoms with Crippen molar-refractivity contribution in [2.24, 2.45) is 11.3 Å². The van der Waals surface area contributed by atoms with Gasteiger partial charge in [-0.2, -0.15) is 0 Å². The highest BCUT2D eigenvalue weighted by Crippen LogP contribution is 2.60. The van der Waals surface area contributed by atoms with E-state index in [9.17, 15) is 0 Å². The SMILES string of the molecule is Brc1ccc(OCCNCC2(C3CC3)CC2)cc1. The van der Waals surface area contributed by atoms with Crippen LogP contribution in [-0.2, 0) is 0 Å². The lowest BCUT2D eigenvalue weighted by Gasteiger charge is -2.15. The first kappa shape index (κ1) is 12.5. The molecule has 0 atom stereocenters. The van der Waals surface area contributed by atoms with E-state index in [2.05, 4.69) is 21.2 Å². The number of rotatable bonds is 7. The normalized spacial score (nSPS) is 20.7. The summed E-state index contributed by atoms with van der Waals surface area (Å²) in [6.07, 6.45) is 5.82. The first-order valence-corrected chi connectivity index (χ1v) is 7.67. The van der Waals surface area contributed by atoms with Crippen molar-refractivity contribution in [3.63, 3.8) is 0 Å². The van der Waals surface area contributed by atoms with Gasteiger partial charge in [-0.3, -0.25) is 0 Å². The van der Waals surface area contributed by atoms with Crippen LogP contribution in [0.5, 0.6) is 5.75 Å². The molecule has 0 amide bonds. The van der Waals surface area contributed by atoms with Crippen molar-refractivity contribution in [2.45, 2.75) is 25.7 Å². The molecule has 0 heterocycles. The molecule has 2 aliphatic carbocycles. The molecule has 0 radical (unpaired) electrons. The van der Waals surface area contributed by atoms with Gasteiger partial charge in [0.1, 0.15) is 12.4 Å². The van der Waals surface area contributed by atoms with Crippen LogP contribution in [0.25, 0.3) is 0 Å². The van der Waals surface area contributed by atoms with Crippen molar-refractivity contribution >= 4 is 15.9 Å². The summed E-state index contributed by atoms with van der Waals surface area (Å²) < 4.78 is 6.78. The van der Waals surface area contributed by atoms with Crippen LogP contribution in [0, 0.1) is 11.3 Å². The molecule has 0 spiro atoms. The average Bonchev–Trinajstić information content (AvgIpc) is 3.25. The van der Waals surface area contributed by atoms with Gasteiger partial charge in [0.15, 0.2) is 0 Å². The molecule has 0 unspecified atom stereocenters. The zero-order valence-electron chi connectivity index (χ0n) is 10.6. The summed E-state index contributed by atoms with van der Waals surface area (Å²) in [6, 6.07) is 8.01. The number of hydrogen-bond acceptors (Lipinski definition) is 2. The Kier molecular flexibility index (Phi) is 3.62. The van der Waals surface area contributed by atoms with Crippen molar-refractivity contribution in [2.75, 3.05) is 19.7 Å². The van der Waals surface area contributed by atoms with Crippen LogP contribution >= 0.6 is 15.9 Å². The Morgan fingerprint density at radius 3 is 2.56 bits per heavy atom. The minimum atomic E-state index is 0.692. The van der Waals surface area contributed by atoms with E-state index in [0.717, 1.165) is 29.3 Å². The lowest BCUT2D eigenvalue weighted by Crippen LogP contribution is -2.29. The van der Waals surface area contributed by atoms with Gasteiger partial charge in [0.05, 0.1) is 0 Å². The maximum atomic E-state index is 5.69. The first-order valence-electron chi connectivity index (χ1n) is 6.88. The van der Waals surface area contributed by atoms with Crippen LogP contribution in [0.15, 0.2) is 28.7 Å². The predicted octanol–water partition coefficient (Wildman–Crippen LogP) is 3.61. The second-order valence-electron chi connectivity index (χ2n) is 5.62. The maximum absolute atomic E-state index is 5.69. The fraction of sp³-hybridized carbons (Fsp3) is 0.600. The van der Waals surface area contributed by atoms with Gasteiger partial charge in [-0.05, 0) is 61.3 Å². The molecular weight excluding hydrogens is 290 g/mol. The summed E-state index contributed by atoms with van der Waals surface area (Å²) in [5.41, 5.74) is 0.692. The lowest BCUT2D eigenvalue weighted by atomic mass is 10.0. The number of halogens is 1. The minimum Gasteiger partial charge on any atom is -0.492 e. The Morgan fingerprint density at radius 1 is 1.22 bits per heavy atom. The molecule has 1 aromatic carbocycles. The zero-order chi connectivity index (χ0) is 12.4. The van der Waals surface area contributed by atoms with Crippen molar-refractivity contribution in [3.05, 3.63) is 28.7 Å². The molecule has 18 heavy (non-hydrogen) atoms. The molecule has 2 nitrogen and oxygen atoms in total. The van der Waals surface area contributed by atoms with Crippen LogP contribution < -0.4 is 10.1 Å². The van der Waals surface area contributed by atoms with Gasteiger partial charge in [0, 0.05) is 17.6 Å². The van der Waals surface area contributed by atoms with Gasteiger partial charge in [-0.15, -0.1) is 0 Å². The zero-order valence-corrected chi connectivity index (χ0v) is 12.2. The summed E-state index contributed by atoms with van der Waals surface area (Å²) in [4.78, 5) is 0. The quantitative estimate of drug-likeness (QED) is 0.777. The Morgan fingerprint density at radius 2 is 1.94 bits per heavy atom. The van der Waals surface area contributed by atoms with Crippen molar-refractivity contribution in [1.82, 2.24) is 5.32 Å². The highest BCUT2D eigenvalue weighted by molar-refractivity contribution is 9.10. The van der Waals surface area contributed by atoms with Gasteiger partial charge < -0.3 is 10.1 Å². The van der Waals surface area contributed by atoms with E-state index in [4.69, 9.17) is 4.74 Å². The van der Waals surface area contributed by atoms with Gasteiger partial charge in [-0.1, -0.05) is 15.9 Å². The number of hydrogen-bond donors (Lipinski definition) is 1. The third-order valence-corrected chi connectivity index (χ3v) is 4.70. The van der Waals surface area contributed by atoms with Gasteiger partial charge in [-0.25, -0.2) is 0 Å². The Balaban J connectivity index is 1.32. The smallest absolute Gasteiger partial charge is 0.119 e. The number of ether oxygens (including phenoxy) is 1. The van der Waals surface area contributed by atoms with Crippen molar-refractivity contribution < 1.29 is 4.74 Å². The lowest BCUT2D eigenvalue weighted by molar-refractivity contribution is 0.301. The summed E-state index contributed by atoms with van der Waals surface area (Å²) in [5, 5.41) is 3.56. The standard InChI is InChI=1S/C15H20BrNO/c16-13-3-5-14(6-4-13)18-10-9-17-11-15(7-8-15)12-1-2-12/h3-6,12,17H,1-2,7-11H2. The van der Waals surface area contributed by atoms with Gasteiger partial charge >= 0.3 is 0 Å². The molecule has 2 fully saturated rings. The van der Waals surface area contributed by atoms with E-state index < -0.39 is 0 Å². The Bertz CT molecular complexity index is 395. The van der Waals surface area contributed by atoms with Crippen LogP contribution in [0.2, 0.25) is 0 Å². The summed E-state index contributed by atoms with van der Waals surface area (Å²) in [7, 11) is 0. The Hall–Kier alpha value is -0.540. The molecule has 1 aromatic rings. The largest absolute Gasteiger partial charge is 0.492 e. The summed E-state index contributed by atoms with van der Waals surface area (Å²) in [5.74, 6) is 1.99. The van der Waals surface area contributed by atoms with Crippen LogP contribution in [0.3, 0.4) is 0 Å². The first-order chi connectivity index (χ1) is 8.78. The van der Waals surface area contributed by atoms with Gasteiger partial charge in [0.2, 0.25) is 0 Å². The molecular formula is C15H20BrNO. The molecule has 0 aromatic heterocycles. The summed E-state index contributed by atoms with van der Waals surface area (Å²) in [6.45, 7) is 2.90. The fourth-order valence-electron chi connectivity index (χ4n) is 2.69.